The van der Waals surface area contributed by atoms with Crippen molar-refractivity contribution in [2.45, 2.75) is 38.8 Å². The van der Waals surface area contributed by atoms with Gasteiger partial charge in [0, 0.05) is 26.7 Å². The summed E-state index contributed by atoms with van der Waals surface area (Å²) in [6.45, 7) is 2.47. The summed E-state index contributed by atoms with van der Waals surface area (Å²) in [7, 11) is 1.62. The van der Waals surface area contributed by atoms with Gasteiger partial charge in [-0.2, -0.15) is 0 Å². The zero-order valence-electron chi connectivity index (χ0n) is 12.6. The van der Waals surface area contributed by atoms with E-state index in [1.807, 2.05) is 30.3 Å². The standard InChI is InChI=1S/C16H23NO4/c1-13(16(19)20)17(12-14-8-4-3-5-9-14)15(18)10-6-7-11-21-2/h3-5,8-9,13H,6-7,10-12H2,1-2H3,(H,19,20). The quantitative estimate of drug-likeness (QED) is 0.709. The van der Waals surface area contributed by atoms with Crippen LogP contribution in [0, 0.1) is 0 Å². The molecule has 1 aromatic rings. The van der Waals surface area contributed by atoms with Gasteiger partial charge in [-0.1, -0.05) is 30.3 Å². The summed E-state index contributed by atoms with van der Waals surface area (Å²) < 4.78 is 4.95. The summed E-state index contributed by atoms with van der Waals surface area (Å²) in [4.78, 5) is 24.9. The van der Waals surface area contributed by atoms with E-state index in [0.29, 0.717) is 26.0 Å². The van der Waals surface area contributed by atoms with Crippen LogP contribution in [0.4, 0.5) is 0 Å². The lowest BCUT2D eigenvalue weighted by Gasteiger charge is -2.26. The van der Waals surface area contributed by atoms with Crippen molar-refractivity contribution in [3.05, 3.63) is 35.9 Å². The van der Waals surface area contributed by atoms with Gasteiger partial charge in [0.25, 0.3) is 0 Å². The number of nitrogens with zero attached hydrogens (tertiary/aromatic N) is 1. The van der Waals surface area contributed by atoms with Crippen LogP contribution in [0.1, 0.15) is 31.7 Å². The Morgan fingerprint density at radius 3 is 2.48 bits per heavy atom. The van der Waals surface area contributed by atoms with E-state index < -0.39 is 12.0 Å². The second kappa shape index (κ2) is 9.13. The summed E-state index contributed by atoms with van der Waals surface area (Å²) >= 11 is 0. The minimum atomic E-state index is -0.990. The van der Waals surface area contributed by atoms with E-state index in [4.69, 9.17) is 4.74 Å². The van der Waals surface area contributed by atoms with Crippen molar-refractivity contribution in [2.75, 3.05) is 13.7 Å². The lowest BCUT2D eigenvalue weighted by atomic mass is 10.1. The molecule has 0 aliphatic heterocycles. The first-order chi connectivity index (χ1) is 10.1. The van der Waals surface area contributed by atoms with E-state index in [1.165, 1.54) is 4.90 Å². The fourth-order valence-corrected chi connectivity index (χ4v) is 2.02. The first kappa shape index (κ1) is 17.2. The fourth-order valence-electron chi connectivity index (χ4n) is 2.02. The highest BCUT2D eigenvalue weighted by molar-refractivity contribution is 5.83. The molecular formula is C16H23NO4. The Labute approximate surface area is 125 Å². The maximum atomic E-state index is 12.3. The summed E-state index contributed by atoms with van der Waals surface area (Å²) in [6.07, 6.45) is 1.83. The topological polar surface area (TPSA) is 66.8 Å². The number of carbonyl (C=O) groups is 2. The van der Waals surface area contributed by atoms with Gasteiger partial charge in [0.15, 0.2) is 0 Å². The SMILES string of the molecule is COCCCCC(=O)N(Cc1ccccc1)C(C)C(=O)O. The van der Waals surface area contributed by atoms with Crippen LogP contribution in [0.3, 0.4) is 0 Å². The minimum absolute atomic E-state index is 0.134. The van der Waals surface area contributed by atoms with Crippen molar-refractivity contribution in [3.8, 4) is 0 Å². The van der Waals surface area contributed by atoms with Crippen molar-refractivity contribution in [1.29, 1.82) is 0 Å². The molecule has 1 aromatic carbocycles. The molecule has 116 valence electrons. The number of unbranched alkanes of at least 4 members (excludes halogenated alkanes) is 1. The van der Waals surface area contributed by atoms with Crippen LogP contribution >= 0.6 is 0 Å². The Hall–Kier alpha value is -1.88. The number of hydrogen-bond donors (Lipinski definition) is 1. The lowest BCUT2D eigenvalue weighted by Crippen LogP contribution is -2.42. The number of benzene rings is 1. The van der Waals surface area contributed by atoms with Crippen molar-refractivity contribution in [3.63, 3.8) is 0 Å². The molecule has 0 radical (unpaired) electrons. The Morgan fingerprint density at radius 1 is 1.24 bits per heavy atom. The van der Waals surface area contributed by atoms with Crippen LogP contribution in [0.2, 0.25) is 0 Å². The molecule has 0 aliphatic rings. The van der Waals surface area contributed by atoms with E-state index in [9.17, 15) is 14.7 Å². The predicted molar refractivity (Wildman–Crippen MR) is 79.8 cm³/mol. The highest BCUT2D eigenvalue weighted by Gasteiger charge is 2.25. The smallest absolute Gasteiger partial charge is 0.326 e. The first-order valence-corrected chi connectivity index (χ1v) is 7.11. The molecule has 1 rings (SSSR count). The van der Waals surface area contributed by atoms with Gasteiger partial charge in [-0.15, -0.1) is 0 Å². The third kappa shape index (κ3) is 5.95. The van der Waals surface area contributed by atoms with Gasteiger partial charge in [0.2, 0.25) is 5.91 Å². The third-order valence-corrected chi connectivity index (χ3v) is 3.33. The molecule has 0 heterocycles. The van der Waals surface area contributed by atoms with Crippen molar-refractivity contribution in [2.24, 2.45) is 0 Å². The summed E-state index contributed by atoms with van der Waals surface area (Å²) in [5, 5.41) is 9.18. The summed E-state index contributed by atoms with van der Waals surface area (Å²) in [6, 6.07) is 8.59. The average molecular weight is 293 g/mol. The Kier molecular flexibility index (Phi) is 7.46. The van der Waals surface area contributed by atoms with Gasteiger partial charge >= 0.3 is 5.97 Å². The van der Waals surface area contributed by atoms with Crippen molar-refractivity contribution >= 4 is 11.9 Å². The van der Waals surface area contributed by atoms with E-state index in [-0.39, 0.29) is 5.91 Å². The third-order valence-electron chi connectivity index (χ3n) is 3.33. The Balaban J connectivity index is 2.68. The average Bonchev–Trinajstić information content (AvgIpc) is 2.49. The number of aliphatic carboxylic acids is 1. The van der Waals surface area contributed by atoms with E-state index >= 15 is 0 Å². The van der Waals surface area contributed by atoms with Gasteiger partial charge in [-0.05, 0) is 25.3 Å². The van der Waals surface area contributed by atoms with Gasteiger partial charge < -0.3 is 14.7 Å². The van der Waals surface area contributed by atoms with Crippen molar-refractivity contribution in [1.82, 2.24) is 4.90 Å². The highest BCUT2D eigenvalue weighted by Crippen LogP contribution is 2.12. The Morgan fingerprint density at radius 2 is 1.90 bits per heavy atom. The minimum Gasteiger partial charge on any atom is -0.480 e. The zero-order valence-corrected chi connectivity index (χ0v) is 12.6. The molecule has 1 unspecified atom stereocenters. The lowest BCUT2D eigenvalue weighted by molar-refractivity contribution is -0.150. The molecule has 0 aliphatic carbocycles. The van der Waals surface area contributed by atoms with E-state index in [1.54, 1.807) is 14.0 Å². The number of amides is 1. The molecule has 1 amide bonds. The van der Waals surface area contributed by atoms with Gasteiger partial charge in [-0.3, -0.25) is 4.79 Å². The predicted octanol–water partition coefficient (Wildman–Crippen LogP) is 2.31. The van der Waals surface area contributed by atoms with Crippen LogP contribution in [0.5, 0.6) is 0 Å². The number of carbonyl (C=O) groups excluding carboxylic acids is 1. The molecule has 0 fully saturated rings. The van der Waals surface area contributed by atoms with Crippen LogP contribution < -0.4 is 0 Å². The van der Waals surface area contributed by atoms with Gasteiger partial charge in [-0.25, -0.2) is 4.79 Å². The number of hydrogen-bond acceptors (Lipinski definition) is 3. The molecule has 0 spiro atoms. The molecule has 0 bridgehead atoms. The molecular weight excluding hydrogens is 270 g/mol. The molecule has 0 saturated heterocycles. The van der Waals surface area contributed by atoms with E-state index in [0.717, 1.165) is 12.0 Å². The maximum Gasteiger partial charge on any atom is 0.326 e. The van der Waals surface area contributed by atoms with Crippen LogP contribution in [0.15, 0.2) is 30.3 Å². The normalized spacial score (nSPS) is 11.9. The largest absolute Gasteiger partial charge is 0.480 e. The molecule has 21 heavy (non-hydrogen) atoms. The number of carboxylic acids is 1. The number of methoxy groups -OCH3 is 1. The van der Waals surface area contributed by atoms with Crippen LogP contribution in [-0.4, -0.2) is 41.6 Å². The molecule has 5 heteroatoms. The number of carboxylic acid groups (broad SMARTS) is 1. The van der Waals surface area contributed by atoms with Crippen LogP contribution in [-0.2, 0) is 20.9 Å². The van der Waals surface area contributed by atoms with Gasteiger partial charge in [0.05, 0.1) is 0 Å². The molecule has 0 saturated carbocycles. The number of rotatable bonds is 9. The first-order valence-electron chi connectivity index (χ1n) is 7.11. The van der Waals surface area contributed by atoms with E-state index in [2.05, 4.69) is 0 Å². The zero-order chi connectivity index (χ0) is 15.7. The van der Waals surface area contributed by atoms with Crippen LogP contribution in [0.25, 0.3) is 0 Å². The maximum absolute atomic E-state index is 12.3. The summed E-state index contributed by atoms with van der Waals surface area (Å²) in [5.74, 6) is -1.12. The monoisotopic (exact) mass is 293 g/mol. The number of ether oxygens (including phenoxy) is 1. The second-order valence-corrected chi connectivity index (χ2v) is 4.97. The second-order valence-electron chi connectivity index (χ2n) is 4.97. The highest BCUT2D eigenvalue weighted by atomic mass is 16.5. The molecule has 1 atom stereocenters. The molecule has 5 nitrogen and oxygen atoms in total. The fraction of sp³-hybridized carbons (Fsp3) is 0.500. The Bertz CT molecular complexity index is 447. The molecule has 0 aromatic heterocycles. The van der Waals surface area contributed by atoms with Gasteiger partial charge in [0.1, 0.15) is 6.04 Å². The summed E-state index contributed by atoms with van der Waals surface area (Å²) in [5.41, 5.74) is 0.927. The van der Waals surface area contributed by atoms with Crippen molar-refractivity contribution < 1.29 is 19.4 Å². The molecule has 1 N–H and O–H groups in total.